The molecular weight excluding hydrogens is 312 g/mol. The number of carbonyl (C=O) groups is 1. The molecule has 0 radical (unpaired) electrons. The highest BCUT2D eigenvalue weighted by Gasteiger charge is 2.11. The third kappa shape index (κ3) is 3.87. The van der Waals surface area contributed by atoms with E-state index in [9.17, 15) is 9.90 Å². The van der Waals surface area contributed by atoms with E-state index in [0.29, 0.717) is 24.9 Å². The summed E-state index contributed by atoms with van der Waals surface area (Å²) in [4.78, 5) is 12.7. The van der Waals surface area contributed by atoms with Gasteiger partial charge in [-0.05, 0) is 54.1 Å². The fourth-order valence-electron chi connectivity index (χ4n) is 3.05. The summed E-state index contributed by atoms with van der Waals surface area (Å²) in [6.07, 6.45) is 1.26. The molecule has 3 aromatic rings. The van der Waals surface area contributed by atoms with E-state index in [2.05, 4.69) is 5.32 Å². The molecule has 0 aliphatic heterocycles. The van der Waals surface area contributed by atoms with Crippen molar-refractivity contribution in [3.8, 4) is 0 Å². The lowest BCUT2D eigenvalue weighted by Crippen LogP contribution is -2.14. The number of hydrogen-bond acceptors (Lipinski definition) is 3. The van der Waals surface area contributed by atoms with E-state index >= 15 is 0 Å². The number of rotatable bonds is 6. The van der Waals surface area contributed by atoms with Crippen molar-refractivity contribution in [3.05, 3.63) is 77.4 Å². The molecule has 0 spiro atoms. The van der Waals surface area contributed by atoms with Gasteiger partial charge in [-0.3, -0.25) is 4.79 Å². The van der Waals surface area contributed by atoms with Gasteiger partial charge in [0, 0.05) is 23.2 Å². The smallest absolute Gasteiger partial charge is 0.255 e. The second kappa shape index (κ2) is 7.92. The summed E-state index contributed by atoms with van der Waals surface area (Å²) in [5.74, 6) is -0.148. The molecule has 128 valence electrons. The first-order chi connectivity index (χ1) is 12.2. The van der Waals surface area contributed by atoms with Crippen LogP contribution in [0.5, 0.6) is 0 Å². The molecule has 0 heterocycles. The summed E-state index contributed by atoms with van der Waals surface area (Å²) >= 11 is 0. The number of nitrogens with two attached hydrogens (primary N) is 1. The molecule has 3 rings (SSSR count). The van der Waals surface area contributed by atoms with Gasteiger partial charge in [-0.25, -0.2) is 0 Å². The molecule has 0 aromatic heterocycles. The normalized spacial score (nSPS) is 10.8. The van der Waals surface area contributed by atoms with Crippen LogP contribution in [-0.2, 0) is 12.8 Å². The minimum atomic E-state index is -0.148. The summed E-state index contributed by atoms with van der Waals surface area (Å²) in [5, 5.41) is 14.3. The zero-order valence-corrected chi connectivity index (χ0v) is 14.0. The van der Waals surface area contributed by atoms with Gasteiger partial charge in [0.15, 0.2) is 0 Å². The lowest BCUT2D eigenvalue weighted by Gasteiger charge is -2.12. The van der Waals surface area contributed by atoms with Crippen molar-refractivity contribution in [3.63, 3.8) is 0 Å². The number of benzene rings is 3. The van der Waals surface area contributed by atoms with E-state index in [1.165, 1.54) is 0 Å². The van der Waals surface area contributed by atoms with Crippen molar-refractivity contribution >= 4 is 22.4 Å². The lowest BCUT2D eigenvalue weighted by molar-refractivity contribution is 0.102. The van der Waals surface area contributed by atoms with E-state index in [-0.39, 0.29) is 12.5 Å². The molecule has 25 heavy (non-hydrogen) atoms. The summed E-state index contributed by atoms with van der Waals surface area (Å²) in [7, 11) is 0. The van der Waals surface area contributed by atoms with Crippen LogP contribution in [0, 0.1) is 0 Å². The summed E-state index contributed by atoms with van der Waals surface area (Å²) in [6, 6.07) is 19.4. The fourth-order valence-corrected chi connectivity index (χ4v) is 3.05. The first kappa shape index (κ1) is 17.1. The van der Waals surface area contributed by atoms with Gasteiger partial charge in [0.25, 0.3) is 5.91 Å². The number of anilines is 1. The Balaban J connectivity index is 1.89. The van der Waals surface area contributed by atoms with Crippen molar-refractivity contribution in [2.75, 3.05) is 18.5 Å². The predicted molar refractivity (Wildman–Crippen MR) is 102 cm³/mol. The van der Waals surface area contributed by atoms with Crippen LogP contribution in [0.3, 0.4) is 0 Å². The largest absolute Gasteiger partial charge is 0.396 e. The highest BCUT2D eigenvalue weighted by atomic mass is 16.3. The minimum Gasteiger partial charge on any atom is -0.396 e. The Hall–Kier alpha value is -2.69. The van der Waals surface area contributed by atoms with E-state index in [1.807, 2.05) is 54.6 Å². The van der Waals surface area contributed by atoms with Gasteiger partial charge in [-0.15, -0.1) is 0 Å². The van der Waals surface area contributed by atoms with Crippen LogP contribution in [0.2, 0.25) is 0 Å². The number of amides is 1. The van der Waals surface area contributed by atoms with Crippen LogP contribution in [0.25, 0.3) is 10.8 Å². The number of hydrogen-bond donors (Lipinski definition) is 3. The third-order valence-corrected chi connectivity index (χ3v) is 4.30. The first-order valence-electron chi connectivity index (χ1n) is 8.45. The fraction of sp³-hybridized carbons (Fsp3) is 0.190. The number of aliphatic hydroxyl groups is 1. The number of fused-ring (bicyclic) bond motifs is 1. The molecule has 0 atom stereocenters. The van der Waals surface area contributed by atoms with Crippen LogP contribution in [-0.4, -0.2) is 24.2 Å². The second-order valence-electron chi connectivity index (χ2n) is 5.98. The van der Waals surface area contributed by atoms with Gasteiger partial charge >= 0.3 is 0 Å². The molecule has 0 bridgehead atoms. The van der Waals surface area contributed by atoms with Gasteiger partial charge < -0.3 is 16.2 Å². The molecule has 0 aliphatic carbocycles. The zero-order valence-electron chi connectivity index (χ0n) is 14.0. The van der Waals surface area contributed by atoms with Crippen molar-refractivity contribution in [2.45, 2.75) is 12.8 Å². The maximum Gasteiger partial charge on any atom is 0.255 e. The van der Waals surface area contributed by atoms with E-state index in [1.54, 1.807) is 6.07 Å². The van der Waals surface area contributed by atoms with Crippen LogP contribution >= 0.6 is 0 Å². The monoisotopic (exact) mass is 334 g/mol. The molecule has 4 nitrogen and oxygen atoms in total. The standard InChI is InChI=1S/C21H22N2O2/c22-12-10-17-14-18(9-8-15(17)11-13-24)21(25)23-20-7-3-5-16-4-1-2-6-19(16)20/h1-9,14,24H,10-13,22H2,(H,23,25). The summed E-state index contributed by atoms with van der Waals surface area (Å²) in [5.41, 5.74) is 9.12. The average Bonchev–Trinajstić information content (AvgIpc) is 2.64. The van der Waals surface area contributed by atoms with Gasteiger partial charge in [-0.1, -0.05) is 42.5 Å². The molecule has 0 fully saturated rings. The van der Waals surface area contributed by atoms with Crippen LogP contribution in [0.15, 0.2) is 60.7 Å². The van der Waals surface area contributed by atoms with Crippen LogP contribution in [0.4, 0.5) is 5.69 Å². The molecule has 4 heteroatoms. The maximum atomic E-state index is 12.7. The Morgan fingerprint density at radius 3 is 2.56 bits per heavy atom. The van der Waals surface area contributed by atoms with Gasteiger partial charge in [0.05, 0.1) is 0 Å². The lowest BCUT2D eigenvalue weighted by atomic mass is 9.98. The van der Waals surface area contributed by atoms with Crippen molar-refractivity contribution in [1.82, 2.24) is 0 Å². The quantitative estimate of drug-likeness (QED) is 0.648. The van der Waals surface area contributed by atoms with Crippen LogP contribution < -0.4 is 11.1 Å². The maximum absolute atomic E-state index is 12.7. The molecule has 0 saturated heterocycles. The Labute approximate surface area is 147 Å². The average molecular weight is 334 g/mol. The summed E-state index contributed by atoms with van der Waals surface area (Å²) < 4.78 is 0. The van der Waals surface area contributed by atoms with Crippen molar-refractivity contribution in [1.29, 1.82) is 0 Å². The molecule has 4 N–H and O–H groups in total. The van der Waals surface area contributed by atoms with Crippen molar-refractivity contribution < 1.29 is 9.90 Å². The molecule has 0 unspecified atom stereocenters. The Morgan fingerprint density at radius 1 is 0.960 bits per heavy atom. The van der Waals surface area contributed by atoms with Gasteiger partial charge in [-0.2, -0.15) is 0 Å². The SMILES string of the molecule is NCCc1cc(C(=O)Nc2cccc3ccccc23)ccc1CCO. The molecule has 1 amide bonds. The highest BCUT2D eigenvalue weighted by molar-refractivity contribution is 6.09. The first-order valence-corrected chi connectivity index (χ1v) is 8.45. The highest BCUT2D eigenvalue weighted by Crippen LogP contribution is 2.24. The number of aliphatic hydroxyl groups excluding tert-OH is 1. The topological polar surface area (TPSA) is 75.4 Å². The zero-order chi connectivity index (χ0) is 17.6. The minimum absolute atomic E-state index is 0.0825. The van der Waals surface area contributed by atoms with Crippen LogP contribution in [0.1, 0.15) is 21.5 Å². The molecule has 3 aromatic carbocycles. The molecular formula is C21H22N2O2. The Morgan fingerprint density at radius 2 is 1.76 bits per heavy atom. The number of carbonyl (C=O) groups excluding carboxylic acids is 1. The molecule has 0 aliphatic rings. The van der Waals surface area contributed by atoms with E-state index in [0.717, 1.165) is 27.6 Å². The van der Waals surface area contributed by atoms with Gasteiger partial charge in [0.1, 0.15) is 0 Å². The number of nitrogens with one attached hydrogen (secondary N) is 1. The van der Waals surface area contributed by atoms with E-state index < -0.39 is 0 Å². The van der Waals surface area contributed by atoms with Gasteiger partial charge in [0.2, 0.25) is 0 Å². The second-order valence-corrected chi connectivity index (χ2v) is 5.98. The predicted octanol–water partition coefficient (Wildman–Crippen LogP) is 3.13. The Bertz CT molecular complexity index is 885. The Kier molecular flexibility index (Phi) is 5.43. The van der Waals surface area contributed by atoms with E-state index in [4.69, 9.17) is 5.73 Å². The third-order valence-electron chi connectivity index (χ3n) is 4.30. The molecule has 0 saturated carbocycles. The summed E-state index contributed by atoms with van der Waals surface area (Å²) in [6.45, 7) is 0.589. The van der Waals surface area contributed by atoms with Crippen molar-refractivity contribution in [2.24, 2.45) is 5.73 Å².